The van der Waals surface area contributed by atoms with Gasteiger partial charge in [-0.15, -0.1) is 5.10 Å². The summed E-state index contributed by atoms with van der Waals surface area (Å²) in [6.45, 7) is 1.48. The number of carboxylic acids is 1. The number of nitrogens with one attached hydrogen (secondary N) is 1. The molecule has 1 saturated carbocycles. The van der Waals surface area contributed by atoms with Gasteiger partial charge < -0.3 is 10.4 Å². The number of carboxylic acid groups (broad SMARTS) is 1. The Hall–Kier alpha value is -1.92. The summed E-state index contributed by atoms with van der Waals surface area (Å²) in [5.74, 6) is -1.17. The summed E-state index contributed by atoms with van der Waals surface area (Å²) in [7, 11) is 0. The van der Waals surface area contributed by atoms with Gasteiger partial charge >= 0.3 is 5.97 Å². The highest BCUT2D eigenvalue weighted by Crippen LogP contribution is 2.28. The molecule has 2 atom stereocenters. The smallest absolute Gasteiger partial charge is 0.358 e. The average Bonchev–Trinajstić information content (AvgIpc) is 2.78. The third-order valence-electron chi connectivity index (χ3n) is 3.19. The first kappa shape index (κ1) is 12.5. The highest BCUT2D eigenvalue weighted by Gasteiger charge is 2.28. The lowest BCUT2D eigenvalue weighted by molar-refractivity contribution is -0.120. The number of aromatic carboxylic acids is 1. The second-order valence-electron chi connectivity index (χ2n) is 4.55. The lowest BCUT2D eigenvalue weighted by atomic mass is 9.90. The molecule has 1 aromatic heterocycles. The maximum atomic E-state index is 11.2. The largest absolute Gasteiger partial charge is 0.476 e. The Kier molecular flexibility index (Phi) is 3.59. The first-order valence-corrected chi connectivity index (χ1v) is 6.00. The van der Waals surface area contributed by atoms with Gasteiger partial charge in [0.2, 0.25) is 5.91 Å². The van der Waals surface area contributed by atoms with Crippen molar-refractivity contribution >= 4 is 11.9 Å². The van der Waals surface area contributed by atoms with Crippen LogP contribution in [-0.4, -0.2) is 38.0 Å². The van der Waals surface area contributed by atoms with Gasteiger partial charge in [0, 0.05) is 6.92 Å². The quantitative estimate of drug-likeness (QED) is 0.820. The fourth-order valence-corrected chi connectivity index (χ4v) is 2.39. The van der Waals surface area contributed by atoms with Crippen LogP contribution in [0.25, 0.3) is 0 Å². The van der Waals surface area contributed by atoms with Crippen LogP contribution >= 0.6 is 0 Å². The minimum absolute atomic E-state index is 0.000375. The highest BCUT2D eigenvalue weighted by molar-refractivity contribution is 5.84. The van der Waals surface area contributed by atoms with Crippen molar-refractivity contribution in [3.8, 4) is 0 Å². The molecule has 0 radical (unpaired) electrons. The van der Waals surface area contributed by atoms with Crippen molar-refractivity contribution in [2.45, 2.75) is 44.7 Å². The van der Waals surface area contributed by atoms with E-state index in [2.05, 4.69) is 15.6 Å². The Labute approximate surface area is 104 Å². The zero-order chi connectivity index (χ0) is 13.1. The van der Waals surface area contributed by atoms with Crippen LogP contribution in [0.5, 0.6) is 0 Å². The summed E-state index contributed by atoms with van der Waals surface area (Å²) in [5.41, 5.74) is -0.0675. The van der Waals surface area contributed by atoms with E-state index in [1.807, 2.05) is 0 Å². The van der Waals surface area contributed by atoms with Crippen LogP contribution < -0.4 is 5.32 Å². The Morgan fingerprint density at radius 2 is 2.17 bits per heavy atom. The molecule has 1 amide bonds. The lowest BCUT2D eigenvalue weighted by Crippen LogP contribution is -2.42. The SMILES string of the molecule is CC(=O)N[C@@H]1CCCC[C@@H]1n1cc(C(=O)O)nn1. The fourth-order valence-electron chi connectivity index (χ4n) is 2.39. The van der Waals surface area contributed by atoms with E-state index in [1.54, 1.807) is 4.68 Å². The van der Waals surface area contributed by atoms with Crippen molar-refractivity contribution in [3.05, 3.63) is 11.9 Å². The zero-order valence-electron chi connectivity index (χ0n) is 10.2. The molecule has 0 unspecified atom stereocenters. The molecular formula is C11H16N4O3. The topological polar surface area (TPSA) is 97.1 Å². The van der Waals surface area contributed by atoms with Crippen LogP contribution in [0.3, 0.4) is 0 Å². The third kappa shape index (κ3) is 2.66. The molecule has 0 saturated heterocycles. The normalized spacial score (nSPS) is 23.6. The van der Waals surface area contributed by atoms with Gasteiger partial charge in [0.15, 0.2) is 5.69 Å². The van der Waals surface area contributed by atoms with E-state index >= 15 is 0 Å². The minimum atomic E-state index is -1.09. The summed E-state index contributed by atoms with van der Waals surface area (Å²) in [6.07, 6.45) is 5.28. The Morgan fingerprint density at radius 1 is 1.44 bits per heavy atom. The molecule has 1 aliphatic carbocycles. The minimum Gasteiger partial charge on any atom is -0.476 e. The molecule has 7 nitrogen and oxygen atoms in total. The third-order valence-corrected chi connectivity index (χ3v) is 3.19. The van der Waals surface area contributed by atoms with E-state index in [-0.39, 0.29) is 23.7 Å². The van der Waals surface area contributed by atoms with E-state index in [0.29, 0.717) is 0 Å². The van der Waals surface area contributed by atoms with Gasteiger partial charge in [0.25, 0.3) is 0 Å². The fraction of sp³-hybridized carbons (Fsp3) is 0.636. The monoisotopic (exact) mass is 252 g/mol. The van der Waals surface area contributed by atoms with Gasteiger partial charge in [-0.25, -0.2) is 9.48 Å². The van der Waals surface area contributed by atoms with Gasteiger partial charge in [0.1, 0.15) is 0 Å². The first-order chi connectivity index (χ1) is 8.58. The van der Waals surface area contributed by atoms with E-state index < -0.39 is 5.97 Å². The standard InChI is InChI=1S/C11H16N4O3/c1-7(16)12-8-4-2-3-5-10(8)15-6-9(11(17)18)13-14-15/h6,8,10H,2-5H2,1H3,(H,12,16)(H,17,18)/t8-,10+/m1/s1. The van der Waals surface area contributed by atoms with Crippen LogP contribution in [0.1, 0.15) is 49.1 Å². The number of rotatable bonds is 3. The number of carbonyl (C=O) groups is 2. The van der Waals surface area contributed by atoms with E-state index in [9.17, 15) is 9.59 Å². The molecule has 2 N–H and O–H groups in total. The van der Waals surface area contributed by atoms with Gasteiger partial charge in [-0.1, -0.05) is 18.1 Å². The molecular weight excluding hydrogens is 236 g/mol. The first-order valence-electron chi connectivity index (χ1n) is 6.00. The van der Waals surface area contributed by atoms with Crippen LogP contribution in [0.4, 0.5) is 0 Å². The number of hydrogen-bond acceptors (Lipinski definition) is 4. The Morgan fingerprint density at radius 3 is 2.78 bits per heavy atom. The number of aromatic nitrogens is 3. The Bertz CT molecular complexity index is 457. The molecule has 18 heavy (non-hydrogen) atoms. The van der Waals surface area contributed by atoms with Crippen LogP contribution in [0.2, 0.25) is 0 Å². The summed E-state index contributed by atoms with van der Waals surface area (Å²) in [5, 5.41) is 19.2. The maximum absolute atomic E-state index is 11.2. The predicted molar refractivity (Wildman–Crippen MR) is 62.1 cm³/mol. The van der Waals surface area contributed by atoms with Gasteiger partial charge in [-0.3, -0.25) is 4.79 Å². The van der Waals surface area contributed by atoms with Crippen molar-refractivity contribution in [1.29, 1.82) is 0 Å². The predicted octanol–water partition coefficient (Wildman–Crippen LogP) is 0.596. The molecule has 0 bridgehead atoms. The molecule has 0 aromatic carbocycles. The zero-order valence-corrected chi connectivity index (χ0v) is 10.2. The number of carbonyl (C=O) groups excluding carboxylic acids is 1. The molecule has 1 heterocycles. The maximum Gasteiger partial charge on any atom is 0.358 e. The molecule has 1 fully saturated rings. The van der Waals surface area contributed by atoms with E-state index in [4.69, 9.17) is 5.11 Å². The van der Waals surface area contributed by atoms with Gasteiger partial charge in [-0.2, -0.15) is 0 Å². The van der Waals surface area contributed by atoms with Crippen LogP contribution in [0, 0.1) is 0 Å². The highest BCUT2D eigenvalue weighted by atomic mass is 16.4. The number of hydrogen-bond donors (Lipinski definition) is 2. The number of amides is 1. The van der Waals surface area contributed by atoms with Crippen LogP contribution in [0.15, 0.2) is 6.20 Å². The Balaban J connectivity index is 2.16. The van der Waals surface area contributed by atoms with E-state index in [0.717, 1.165) is 25.7 Å². The average molecular weight is 252 g/mol. The summed E-state index contributed by atoms with van der Waals surface area (Å²) >= 11 is 0. The van der Waals surface area contributed by atoms with Crippen LogP contribution in [-0.2, 0) is 4.79 Å². The van der Waals surface area contributed by atoms with Crippen molar-refractivity contribution in [2.24, 2.45) is 0 Å². The molecule has 0 spiro atoms. The number of nitrogens with zero attached hydrogens (tertiary/aromatic N) is 3. The van der Waals surface area contributed by atoms with Crippen molar-refractivity contribution in [2.75, 3.05) is 0 Å². The molecule has 1 aromatic rings. The molecule has 7 heteroatoms. The van der Waals surface area contributed by atoms with Gasteiger partial charge in [0.05, 0.1) is 18.3 Å². The molecule has 2 rings (SSSR count). The second-order valence-corrected chi connectivity index (χ2v) is 4.55. The second kappa shape index (κ2) is 5.16. The molecule has 0 aliphatic heterocycles. The lowest BCUT2D eigenvalue weighted by Gasteiger charge is -2.31. The van der Waals surface area contributed by atoms with E-state index in [1.165, 1.54) is 13.1 Å². The molecule has 98 valence electrons. The van der Waals surface area contributed by atoms with Crippen molar-refractivity contribution in [3.63, 3.8) is 0 Å². The van der Waals surface area contributed by atoms with Crippen molar-refractivity contribution < 1.29 is 14.7 Å². The summed E-state index contributed by atoms with van der Waals surface area (Å²) < 4.78 is 1.56. The van der Waals surface area contributed by atoms with Gasteiger partial charge in [-0.05, 0) is 12.8 Å². The summed E-state index contributed by atoms with van der Waals surface area (Å²) in [6, 6.07) is -0.0113. The summed E-state index contributed by atoms with van der Waals surface area (Å²) in [4.78, 5) is 21.9. The molecule has 1 aliphatic rings. The van der Waals surface area contributed by atoms with Crippen molar-refractivity contribution in [1.82, 2.24) is 20.3 Å².